The predicted molar refractivity (Wildman–Crippen MR) is 64.9 cm³/mol. The zero-order valence-corrected chi connectivity index (χ0v) is 9.64. The Labute approximate surface area is 95.1 Å². The summed E-state index contributed by atoms with van der Waals surface area (Å²) in [6.07, 6.45) is 6.57. The van der Waals surface area contributed by atoms with Crippen molar-refractivity contribution in [3.63, 3.8) is 0 Å². The van der Waals surface area contributed by atoms with E-state index in [4.69, 9.17) is 5.73 Å². The fourth-order valence-corrected chi connectivity index (χ4v) is 1.83. The number of hydrogen-bond acceptors (Lipinski definition) is 3. The van der Waals surface area contributed by atoms with Gasteiger partial charge in [0.2, 0.25) is 0 Å². The molecule has 2 aromatic heterocycles. The van der Waals surface area contributed by atoms with Crippen LogP contribution in [0.5, 0.6) is 0 Å². The molecule has 2 N–H and O–H groups in total. The molecule has 16 heavy (non-hydrogen) atoms. The fourth-order valence-electron chi connectivity index (χ4n) is 1.83. The summed E-state index contributed by atoms with van der Waals surface area (Å²) in [6.45, 7) is 5.12. The standard InChI is InChI=1S/C12H16N4/c1-3-7-16-8-6-15-12(16)10-9(2)4-5-14-11(10)13/h4-6,8H,3,7H2,1-2H3,(H2,13,14). The van der Waals surface area contributed by atoms with Gasteiger partial charge in [-0.05, 0) is 25.0 Å². The van der Waals surface area contributed by atoms with Gasteiger partial charge >= 0.3 is 0 Å². The summed E-state index contributed by atoms with van der Waals surface area (Å²) in [5, 5.41) is 0. The van der Waals surface area contributed by atoms with E-state index in [9.17, 15) is 0 Å². The first kappa shape index (κ1) is 10.7. The Balaban J connectivity index is 2.54. The zero-order valence-electron chi connectivity index (χ0n) is 9.64. The fraction of sp³-hybridized carbons (Fsp3) is 0.333. The topological polar surface area (TPSA) is 56.7 Å². The summed E-state index contributed by atoms with van der Waals surface area (Å²) in [7, 11) is 0. The SMILES string of the molecule is CCCn1ccnc1-c1c(C)ccnc1N. The lowest BCUT2D eigenvalue weighted by molar-refractivity contribution is 0.685. The van der Waals surface area contributed by atoms with Crippen LogP contribution in [0.2, 0.25) is 0 Å². The van der Waals surface area contributed by atoms with Crippen LogP contribution in [0.25, 0.3) is 11.4 Å². The molecule has 2 rings (SSSR count). The largest absolute Gasteiger partial charge is 0.383 e. The van der Waals surface area contributed by atoms with E-state index in [-0.39, 0.29) is 0 Å². The maximum Gasteiger partial charge on any atom is 0.143 e. The Morgan fingerprint density at radius 3 is 2.81 bits per heavy atom. The first-order chi connectivity index (χ1) is 7.74. The van der Waals surface area contributed by atoms with E-state index < -0.39 is 0 Å². The van der Waals surface area contributed by atoms with Crippen molar-refractivity contribution in [1.82, 2.24) is 14.5 Å². The van der Waals surface area contributed by atoms with E-state index in [1.54, 1.807) is 12.4 Å². The number of nitrogen functional groups attached to an aromatic ring is 1. The quantitative estimate of drug-likeness (QED) is 0.856. The number of aryl methyl sites for hydroxylation is 2. The van der Waals surface area contributed by atoms with Crippen molar-refractivity contribution in [3.8, 4) is 11.4 Å². The molecule has 0 unspecified atom stereocenters. The number of imidazole rings is 1. The highest BCUT2D eigenvalue weighted by atomic mass is 15.1. The Bertz CT molecular complexity index is 467. The third-order valence-electron chi connectivity index (χ3n) is 2.59. The molecule has 0 aliphatic heterocycles. The second-order valence-electron chi connectivity index (χ2n) is 3.83. The summed E-state index contributed by atoms with van der Waals surface area (Å²) >= 11 is 0. The minimum absolute atomic E-state index is 0.545. The summed E-state index contributed by atoms with van der Waals surface area (Å²) in [4.78, 5) is 8.49. The molecule has 0 radical (unpaired) electrons. The second-order valence-corrected chi connectivity index (χ2v) is 3.83. The van der Waals surface area contributed by atoms with Gasteiger partial charge in [-0.1, -0.05) is 6.92 Å². The lowest BCUT2D eigenvalue weighted by atomic mass is 10.1. The van der Waals surface area contributed by atoms with Crippen LogP contribution in [-0.4, -0.2) is 14.5 Å². The third-order valence-corrected chi connectivity index (χ3v) is 2.59. The van der Waals surface area contributed by atoms with Gasteiger partial charge in [-0.25, -0.2) is 9.97 Å². The Morgan fingerprint density at radius 2 is 2.12 bits per heavy atom. The molecule has 0 aliphatic carbocycles. The smallest absolute Gasteiger partial charge is 0.143 e. The number of pyridine rings is 1. The van der Waals surface area contributed by atoms with Crippen molar-refractivity contribution in [3.05, 3.63) is 30.2 Å². The Morgan fingerprint density at radius 1 is 1.31 bits per heavy atom. The molecule has 2 aromatic rings. The third kappa shape index (κ3) is 1.78. The van der Waals surface area contributed by atoms with E-state index in [1.165, 1.54) is 0 Å². The van der Waals surface area contributed by atoms with Crippen LogP contribution >= 0.6 is 0 Å². The van der Waals surface area contributed by atoms with Crippen LogP contribution in [0, 0.1) is 6.92 Å². The maximum absolute atomic E-state index is 5.91. The summed E-state index contributed by atoms with van der Waals surface area (Å²) in [6, 6.07) is 1.96. The molecule has 0 amide bonds. The highest BCUT2D eigenvalue weighted by Gasteiger charge is 2.12. The van der Waals surface area contributed by atoms with Crippen molar-refractivity contribution < 1.29 is 0 Å². The van der Waals surface area contributed by atoms with Gasteiger partial charge in [0, 0.05) is 25.1 Å². The molecule has 2 heterocycles. The van der Waals surface area contributed by atoms with Crippen LogP contribution < -0.4 is 5.73 Å². The van der Waals surface area contributed by atoms with Gasteiger partial charge in [0.25, 0.3) is 0 Å². The molecule has 0 spiro atoms. The number of hydrogen-bond donors (Lipinski definition) is 1. The molecular formula is C12H16N4. The van der Waals surface area contributed by atoms with Gasteiger partial charge in [0.1, 0.15) is 11.6 Å². The van der Waals surface area contributed by atoms with E-state index in [1.807, 2.05) is 19.2 Å². The number of nitrogens with two attached hydrogens (primary N) is 1. The summed E-state index contributed by atoms with van der Waals surface area (Å²) in [5.41, 5.74) is 7.97. The Hall–Kier alpha value is -1.84. The lowest BCUT2D eigenvalue weighted by Crippen LogP contribution is -2.03. The Kier molecular flexibility index (Phi) is 2.90. The normalized spacial score (nSPS) is 10.6. The van der Waals surface area contributed by atoms with Gasteiger partial charge in [-0.2, -0.15) is 0 Å². The molecular weight excluding hydrogens is 200 g/mol. The molecule has 0 aliphatic rings. The van der Waals surface area contributed by atoms with Crippen molar-refractivity contribution in [1.29, 1.82) is 0 Å². The van der Waals surface area contributed by atoms with Crippen LogP contribution in [-0.2, 0) is 6.54 Å². The van der Waals surface area contributed by atoms with Gasteiger partial charge in [-0.15, -0.1) is 0 Å². The van der Waals surface area contributed by atoms with E-state index in [0.29, 0.717) is 5.82 Å². The minimum atomic E-state index is 0.545. The van der Waals surface area contributed by atoms with Crippen LogP contribution in [0.3, 0.4) is 0 Å². The average molecular weight is 216 g/mol. The number of nitrogens with zero attached hydrogens (tertiary/aromatic N) is 3. The number of anilines is 1. The van der Waals surface area contributed by atoms with E-state index in [0.717, 1.165) is 29.9 Å². The van der Waals surface area contributed by atoms with E-state index in [2.05, 4.69) is 21.5 Å². The predicted octanol–water partition coefficient (Wildman–Crippen LogP) is 2.25. The molecule has 0 saturated heterocycles. The highest BCUT2D eigenvalue weighted by Crippen LogP contribution is 2.26. The van der Waals surface area contributed by atoms with Crippen LogP contribution in [0.4, 0.5) is 5.82 Å². The molecule has 84 valence electrons. The van der Waals surface area contributed by atoms with Crippen molar-refractivity contribution in [2.45, 2.75) is 26.8 Å². The average Bonchev–Trinajstić information content (AvgIpc) is 2.67. The highest BCUT2D eigenvalue weighted by molar-refractivity contribution is 5.71. The van der Waals surface area contributed by atoms with Gasteiger partial charge in [-0.3, -0.25) is 0 Å². The molecule has 0 fully saturated rings. The van der Waals surface area contributed by atoms with Gasteiger partial charge < -0.3 is 10.3 Å². The summed E-state index contributed by atoms with van der Waals surface area (Å²) in [5.74, 6) is 1.45. The molecule has 0 aromatic carbocycles. The second kappa shape index (κ2) is 4.35. The molecule has 4 heteroatoms. The molecule has 4 nitrogen and oxygen atoms in total. The zero-order chi connectivity index (χ0) is 11.5. The molecule has 0 saturated carbocycles. The van der Waals surface area contributed by atoms with Crippen LogP contribution in [0.15, 0.2) is 24.7 Å². The lowest BCUT2D eigenvalue weighted by Gasteiger charge is -2.10. The molecule has 0 atom stereocenters. The monoisotopic (exact) mass is 216 g/mol. The van der Waals surface area contributed by atoms with Crippen molar-refractivity contribution in [2.75, 3.05) is 5.73 Å². The van der Waals surface area contributed by atoms with E-state index >= 15 is 0 Å². The first-order valence-corrected chi connectivity index (χ1v) is 5.46. The van der Waals surface area contributed by atoms with Crippen LogP contribution in [0.1, 0.15) is 18.9 Å². The maximum atomic E-state index is 5.91. The molecule has 0 bridgehead atoms. The van der Waals surface area contributed by atoms with Gasteiger partial charge in [0.15, 0.2) is 0 Å². The van der Waals surface area contributed by atoms with Crippen molar-refractivity contribution in [2.24, 2.45) is 0 Å². The number of aromatic nitrogens is 3. The summed E-state index contributed by atoms with van der Waals surface area (Å²) < 4.78 is 2.11. The van der Waals surface area contributed by atoms with Gasteiger partial charge in [0.05, 0.1) is 5.56 Å². The number of rotatable bonds is 3. The minimum Gasteiger partial charge on any atom is -0.383 e. The van der Waals surface area contributed by atoms with Crippen molar-refractivity contribution >= 4 is 5.82 Å². The first-order valence-electron chi connectivity index (χ1n) is 5.46.